The zero-order valence-corrected chi connectivity index (χ0v) is 18.5. The molecule has 2 aromatic carbocycles. The second-order valence-corrected chi connectivity index (χ2v) is 9.77. The van der Waals surface area contributed by atoms with Crippen LogP contribution in [0.15, 0.2) is 66.0 Å². The summed E-state index contributed by atoms with van der Waals surface area (Å²) < 4.78 is 1.17. The van der Waals surface area contributed by atoms with Crippen LogP contribution in [-0.2, 0) is 17.8 Å². The van der Waals surface area contributed by atoms with E-state index in [1.807, 2.05) is 47.5 Å². The van der Waals surface area contributed by atoms with Gasteiger partial charge in [-0.25, -0.2) is 4.98 Å². The van der Waals surface area contributed by atoms with E-state index in [4.69, 9.17) is 0 Å². The number of benzene rings is 2. The van der Waals surface area contributed by atoms with E-state index < -0.39 is 0 Å². The molecule has 0 unspecified atom stereocenters. The molecule has 5 rings (SSSR count). The largest absolute Gasteiger partial charge is 0.338 e. The monoisotopic (exact) mass is 433 g/mol. The van der Waals surface area contributed by atoms with Gasteiger partial charge < -0.3 is 4.90 Å². The van der Waals surface area contributed by atoms with E-state index in [1.165, 1.54) is 20.7 Å². The van der Waals surface area contributed by atoms with Crippen LogP contribution in [0.1, 0.15) is 27.1 Å². The molecule has 30 heavy (non-hydrogen) atoms. The summed E-state index contributed by atoms with van der Waals surface area (Å²) in [6.45, 7) is 1.86. The number of hydrogen-bond acceptors (Lipinski definition) is 5. The van der Waals surface area contributed by atoms with Crippen molar-refractivity contribution in [1.82, 2.24) is 14.8 Å². The number of thiazole rings is 1. The molecule has 0 bridgehead atoms. The van der Waals surface area contributed by atoms with Gasteiger partial charge in [0, 0.05) is 18.5 Å². The molecule has 4 aromatic rings. The van der Waals surface area contributed by atoms with Crippen LogP contribution in [0.2, 0.25) is 0 Å². The van der Waals surface area contributed by atoms with E-state index >= 15 is 0 Å². The maximum absolute atomic E-state index is 13.1. The van der Waals surface area contributed by atoms with Crippen molar-refractivity contribution in [1.29, 1.82) is 0 Å². The number of aromatic nitrogens is 1. The topological polar surface area (TPSA) is 36.4 Å². The molecule has 0 radical (unpaired) electrons. The fourth-order valence-electron chi connectivity index (χ4n) is 4.14. The lowest BCUT2D eigenvalue weighted by atomic mass is 9.93. The van der Waals surface area contributed by atoms with E-state index in [2.05, 4.69) is 51.7 Å². The van der Waals surface area contributed by atoms with Crippen molar-refractivity contribution in [2.24, 2.45) is 0 Å². The van der Waals surface area contributed by atoms with Gasteiger partial charge in [-0.3, -0.25) is 9.69 Å². The first-order chi connectivity index (χ1) is 14.7. The highest BCUT2D eigenvalue weighted by Gasteiger charge is 2.31. The van der Waals surface area contributed by atoms with Gasteiger partial charge in [-0.1, -0.05) is 42.5 Å². The Morgan fingerprint density at radius 1 is 1.13 bits per heavy atom. The molecule has 1 aliphatic rings. The van der Waals surface area contributed by atoms with Crippen LogP contribution in [0.5, 0.6) is 0 Å². The molecule has 2 aromatic heterocycles. The predicted octanol–water partition coefficient (Wildman–Crippen LogP) is 4.96. The molecule has 0 fully saturated rings. The van der Waals surface area contributed by atoms with Gasteiger partial charge in [-0.15, -0.1) is 22.7 Å². The van der Waals surface area contributed by atoms with Gasteiger partial charge in [-0.2, -0.15) is 0 Å². The molecule has 152 valence electrons. The molecule has 1 amide bonds. The SMILES string of the molecule is CN(Cc1nc2ccccc2s1)C(=O)CN1CCc2sccc2[C@H]1c1ccccc1. The van der Waals surface area contributed by atoms with Crippen LogP contribution in [0, 0.1) is 0 Å². The minimum absolute atomic E-state index is 0.133. The number of likely N-dealkylation sites (N-methyl/N-ethyl adjacent to an activating group) is 1. The molecule has 1 atom stereocenters. The molecule has 1 aliphatic heterocycles. The van der Waals surface area contributed by atoms with Crippen molar-refractivity contribution in [2.75, 3.05) is 20.1 Å². The number of carbonyl (C=O) groups excluding carboxylic acids is 1. The highest BCUT2D eigenvalue weighted by atomic mass is 32.1. The Kier molecular flexibility index (Phi) is 5.37. The van der Waals surface area contributed by atoms with Gasteiger partial charge in [-0.05, 0) is 41.1 Å². The molecule has 4 nitrogen and oxygen atoms in total. The Labute approximate surface area is 184 Å². The summed E-state index contributed by atoms with van der Waals surface area (Å²) in [5, 5.41) is 3.15. The van der Waals surface area contributed by atoms with E-state index in [0.717, 1.165) is 23.5 Å². The van der Waals surface area contributed by atoms with Crippen LogP contribution >= 0.6 is 22.7 Å². The average molecular weight is 434 g/mol. The third-order valence-electron chi connectivity index (χ3n) is 5.66. The second-order valence-electron chi connectivity index (χ2n) is 7.66. The van der Waals surface area contributed by atoms with Crippen molar-refractivity contribution >= 4 is 38.8 Å². The minimum atomic E-state index is 0.133. The van der Waals surface area contributed by atoms with E-state index in [1.54, 1.807) is 11.3 Å². The molecule has 0 aliphatic carbocycles. The van der Waals surface area contributed by atoms with Crippen molar-refractivity contribution in [3.8, 4) is 0 Å². The first-order valence-corrected chi connectivity index (χ1v) is 11.8. The Hall–Kier alpha value is -2.54. The van der Waals surface area contributed by atoms with Gasteiger partial charge in [0.1, 0.15) is 5.01 Å². The number of carbonyl (C=O) groups is 1. The number of para-hydroxylation sites is 1. The normalized spacial score (nSPS) is 16.5. The summed E-state index contributed by atoms with van der Waals surface area (Å²) in [5.74, 6) is 0.133. The Morgan fingerprint density at radius 2 is 1.93 bits per heavy atom. The molecule has 0 saturated heterocycles. The summed E-state index contributed by atoms with van der Waals surface area (Å²) in [6, 6.07) is 21.0. The Balaban J connectivity index is 1.33. The van der Waals surface area contributed by atoms with E-state index in [-0.39, 0.29) is 11.9 Å². The number of rotatable bonds is 5. The Morgan fingerprint density at radius 3 is 2.77 bits per heavy atom. The lowest BCUT2D eigenvalue weighted by Gasteiger charge is -2.36. The van der Waals surface area contributed by atoms with Crippen molar-refractivity contribution in [2.45, 2.75) is 19.0 Å². The molecule has 0 saturated carbocycles. The molecule has 3 heterocycles. The summed E-state index contributed by atoms with van der Waals surface area (Å²) >= 11 is 3.49. The molecule has 0 spiro atoms. The zero-order chi connectivity index (χ0) is 20.5. The fourth-order valence-corrected chi connectivity index (χ4v) is 6.06. The van der Waals surface area contributed by atoms with Crippen molar-refractivity contribution in [3.05, 3.63) is 87.1 Å². The van der Waals surface area contributed by atoms with Gasteiger partial charge >= 0.3 is 0 Å². The molecule has 0 N–H and O–H groups in total. The Bertz CT molecular complexity index is 1130. The van der Waals surface area contributed by atoms with E-state index in [9.17, 15) is 4.79 Å². The lowest BCUT2D eigenvalue weighted by molar-refractivity contribution is -0.132. The van der Waals surface area contributed by atoms with Crippen molar-refractivity contribution < 1.29 is 4.79 Å². The van der Waals surface area contributed by atoms with Gasteiger partial charge in [0.25, 0.3) is 0 Å². The van der Waals surface area contributed by atoms with Crippen LogP contribution in [-0.4, -0.2) is 40.8 Å². The van der Waals surface area contributed by atoms with Crippen LogP contribution < -0.4 is 0 Å². The summed E-state index contributed by atoms with van der Waals surface area (Å²) in [4.78, 5) is 23.4. The van der Waals surface area contributed by atoms with Crippen LogP contribution in [0.25, 0.3) is 10.2 Å². The van der Waals surface area contributed by atoms with Crippen LogP contribution in [0.3, 0.4) is 0 Å². The summed E-state index contributed by atoms with van der Waals surface area (Å²) in [7, 11) is 1.88. The second kappa shape index (κ2) is 8.30. The zero-order valence-electron chi connectivity index (χ0n) is 16.8. The van der Waals surface area contributed by atoms with E-state index in [0.29, 0.717) is 13.1 Å². The first-order valence-electron chi connectivity index (χ1n) is 10.1. The predicted molar refractivity (Wildman–Crippen MR) is 124 cm³/mol. The quantitative estimate of drug-likeness (QED) is 0.446. The van der Waals surface area contributed by atoms with Gasteiger partial charge in [0.2, 0.25) is 5.91 Å². The smallest absolute Gasteiger partial charge is 0.236 e. The molecular formula is C24H23N3OS2. The summed E-state index contributed by atoms with van der Waals surface area (Å²) in [6.07, 6.45) is 1.01. The third kappa shape index (κ3) is 3.78. The average Bonchev–Trinajstić information content (AvgIpc) is 3.40. The van der Waals surface area contributed by atoms with Gasteiger partial charge in [0.15, 0.2) is 0 Å². The standard InChI is InChI=1S/C24H23N3OS2/c1-26(15-22-25-19-9-5-6-10-21(19)30-22)23(28)16-27-13-11-20-18(12-14-29-20)24(27)17-7-3-2-4-8-17/h2-10,12,14,24H,11,13,15-16H2,1H3/t24-/m1/s1. The number of amides is 1. The third-order valence-corrected chi connectivity index (χ3v) is 7.67. The molecule has 6 heteroatoms. The maximum atomic E-state index is 13.1. The first kappa shape index (κ1) is 19.4. The number of hydrogen-bond donors (Lipinski definition) is 0. The summed E-state index contributed by atoms with van der Waals surface area (Å²) in [5.41, 5.74) is 3.60. The number of fused-ring (bicyclic) bond motifs is 2. The fraction of sp³-hybridized carbons (Fsp3) is 0.250. The number of thiophene rings is 1. The highest BCUT2D eigenvalue weighted by Crippen LogP contribution is 2.37. The molecular weight excluding hydrogens is 410 g/mol. The highest BCUT2D eigenvalue weighted by molar-refractivity contribution is 7.18. The van der Waals surface area contributed by atoms with Crippen molar-refractivity contribution in [3.63, 3.8) is 0 Å². The van der Waals surface area contributed by atoms with Gasteiger partial charge in [0.05, 0.1) is 29.3 Å². The number of nitrogens with zero attached hydrogens (tertiary/aromatic N) is 3. The van der Waals surface area contributed by atoms with Crippen LogP contribution in [0.4, 0.5) is 0 Å². The maximum Gasteiger partial charge on any atom is 0.236 e. The minimum Gasteiger partial charge on any atom is -0.338 e. The lowest BCUT2D eigenvalue weighted by Crippen LogP contribution is -2.43.